The van der Waals surface area contributed by atoms with Crippen molar-refractivity contribution in [2.45, 2.75) is 20.0 Å². The first kappa shape index (κ1) is 12.7. The fourth-order valence-corrected chi connectivity index (χ4v) is 2.20. The minimum atomic E-state index is -0.235. The van der Waals surface area contributed by atoms with Gasteiger partial charge in [0, 0.05) is 6.54 Å². The molecule has 0 bridgehead atoms. The van der Waals surface area contributed by atoms with Gasteiger partial charge in [0.1, 0.15) is 5.52 Å². The molecule has 3 rings (SSSR count). The molecule has 8 heteroatoms. The summed E-state index contributed by atoms with van der Waals surface area (Å²) in [6.45, 7) is 2.90. The van der Waals surface area contributed by atoms with E-state index in [1.165, 1.54) is 4.68 Å². The molecule has 0 saturated heterocycles. The van der Waals surface area contributed by atoms with Crippen LogP contribution in [0.2, 0.25) is 5.02 Å². The van der Waals surface area contributed by atoms with Gasteiger partial charge >= 0.3 is 0 Å². The lowest BCUT2D eigenvalue weighted by atomic mass is 10.2. The summed E-state index contributed by atoms with van der Waals surface area (Å²) in [6, 6.07) is 5.08. The average Bonchev–Trinajstić information content (AvgIpc) is 2.90. The number of benzene rings is 1. The highest BCUT2D eigenvalue weighted by Crippen LogP contribution is 2.17. The highest BCUT2D eigenvalue weighted by Gasteiger charge is 2.10. The number of nitrogens with zero attached hydrogens (tertiary/aromatic N) is 6. The zero-order valence-electron chi connectivity index (χ0n) is 10.7. The molecular formula is C12H11ClN6O. The zero-order valence-corrected chi connectivity index (χ0v) is 11.4. The third-order valence-corrected chi connectivity index (χ3v) is 3.32. The Morgan fingerprint density at radius 3 is 2.90 bits per heavy atom. The molecule has 0 N–H and O–H groups in total. The van der Waals surface area contributed by atoms with Gasteiger partial charge in [0.25, 0.3) is 5.56 Å². The maximum atomic E-state index is 12.4. The number of rotatable bonds is 3. The van der Waals surface area contributed by atoms with Crippen molar-refractivity contribution in [2.75, 3.05) is 0 Å². The number of halogens is 1. The molecule has 2 heterocycles. The first-order valence-corrected chi connectivity index (χ1v) is 6.48. The summed E-state index contributed by atoms with van der Waals surface area (Å²) in [5.74, 6) is 0. The lowest BCUT2D eigenvalue weighted by Crippen LogP contribution is -2.26. The van der Waals surface area contributed by atoms with E-state index >= 15 is 0 Å². The predicted molar refractivity (Wildman–Crippen MR) is 73.6 cm³/mol. The summed E-state index contributed by atoms with van der Waals surface area (Å²) < 4.78 is 2.99. The van der Waals surface area contributed by atoms with Crippen molar-refractivity contribution in [3.8, 4) is 0 Å². The van der Waals surface area contributed by atoms with Crippen molar-refractivity contribution >= 4 is 22.5 Å². The van der Waals surface area contributed by atoms with Crippen molar-refractivity contribution in [2.24, 2.45) is 0 Å². The molecule has 0 aliphatic rings. The number of hydrogen-bond acceptors (Lipinski definition) is 5. The molecule has 102 valence electrons. The monoisotopic (exact) mass is 290 g/mol. The zero-order chi connectivity index (χ0) is 14.1. The van der Waals surface area contributed by atoms with Crippen LogP contribution >= 0.6 is 11.6 Å². The van der Waals surface area contributed by atoms with E-state index < -0.39 is 0 Å². The number of fused-ring (bicyclic) bond motifs is 1. The van der Waals surface area contributed by atoms with Gasteiger partial charge in [-0.2, -0.15) is 0 Å². The third-order valence-electron chi connectivity index (χ3n) is 3.01. The van der Waals surface area contributed by atoms with Crippen LogP contribution in [-0.2, 0) is 13.1 Å². The second-order valence-electron chi connectivity index (χ2n) is 4.23. The van der Waals surface area contributed by atoms with Gasteiger partial charge in [-0.15, -0.1) is 10.2 Å². The van der Waals surface area contributed by atoms with Crippen LogP contribution in [0.25, 0.3) is 10.9 Å². The van der Waals surface area contributed by atoms with Crippen molar-refractivity contribution in [1.29, 1.82) is 0 Å². The van der Waals surface area contributed by atoms with Gasteiger partial charge in [0.05, 0.1) is 28.8 Å². The molecule has 3 aromatic rings. The Morgan fingerprint density at radius 2 is 2.10 bits per heavy atom. The lowest BCUT2D eigenvalue weighted by Gasteiger charge is -2.06. The predicted octanol–water partition coefficient (Wildman–Crippen LogP) is 1.10. The summed E-state index contributed by atoms with van der Waals surface area (Å²) >= 11 is 6.00. The molecule has 2 aromatic heterocycles. The SMILES string of the molecule is CCn1nncc1Cn1nnc2c(Cl)cccc2c1=O. The molecule has 1 aromatic carbocycles. The van der Waals surface area contributed by atoms with E-state index in [4.69, 9.17) is 11.6 Å². The topological polar surface area (TPSA) is 78.5 Å². The van der Waals surface area contributed by atoms with Crippen LogP contribution in [0.1, 0.15) is 12.6 Å². The van der Waals surface area contributed by atoms with E-state index in [-0.39, 0.29) is 12.1 Å². The Bertz CT molecular complexity index is 824. The first-order chi connectivity index (χ1) is 9.70. The molecule has 0 atom stereocenters. The van der Waals surface area contributed by atoms with Crippen LogP contribution in [0.4, 0.5) is 0 Å². The van der Waals surface area contributed by atoms with E-state index in [0.29, 0.717) is 22.5 Å². The number of aryl methyl sites for hydroxylation is 1. The summed E-state index contributed by atoms with van der Waals surface area (Å²) in [5.41, 5.74) is 0.976. The molecule has 0 saturated carbocycles. The smallest absolute Gasteiger partial charge is 0.267 e. The molecule has 0 amide bonds. The fraction of sp³-hybridized carbons (Fsp3) is 0.250. The highest BCUT2D eigenvalue weighted by molar-refractivity contribution is 6.34. The molecule has 0 aliphatic carbocycles. The summed E-state index contributed by atoms with van der Waals surface area (Å²) in [7, 11) is 0. The Labute approximate surface area is 118 Å². The molecule has 0 fully saturated rings. The summed E-state index contributed by atoms with van der Waals surface area (Å²) in [6.07, 6.45) is 1.61. The molecular weight excluding hydrogens is 280 g/mol. The molecule has 0 spiro atoms. The Morgan fingerprint density at radius 1 is 1.25 bits per heavy atom. The fourth-order valence-electron chi connectivity index (χ4n) is 1.99. The van der Waals surface area contributed by atoms with Crippen molar-refractivity contribution in [3.63, 3.8) is 0 Å². The van der Waals surface area contributed by atoms with E-state index in [0.717, 1.165) is 5.69 Å². The molecule has 0 unspecified atom stereocenters. The van der Waals surface area contributed by atoms with Gasteiger partial charge < -0.3 is 0 Å². The summed E-state index contributed by atoms with van der Waals surface area (Å²) in [5, 5.41) is 16.5. The van der Waals surface area contributed by atoms with E-state index in [2.05, 4.69) is 20.6 Å². The molecule has 20 heavy (non-hydrogen) atoms. The summed E-state index contributed by atoms with van der Waals surface area (Å²) in [4.78, 5) is 12.4. The van der Waals surface area contributed by atoms with Crippen LogP contribution in [-0.4, -0.2) is 30.0 Å². The van der Waals surface area contributed by atoms with Gasteiger partial charge in [0.15, 0.2) is 0 Å². The largest absolute Gasteiger partial charge is 0.278 e. The van der Waals surface area contributed by atoms with Crippen LogP contribution in [0, 0.1) is 0 Å². The molecule has 0 aliphatic heterocycles. The Kier molecular flexibility index (Phi) is 3.19. The van der Waals surface area contributed by atoms with Gasteiger partial charge in [-0.3, -0.25) is 4.79 Å². The van der Waals surface area contributed by atoms with E-state index in [9.17, 15) is 4.79 Å². The van der Waals surface area contributed by atoms with Crippen molar-refractivity contribution in [1.82, 2.24) is 30.0 Å². The lowest BCUT2D eigenvalue weighted by molar-refractivity contribution is 0.537. The maximum Gasteiger partial charge on any atom is 0.278 e. The minimum absolute atomic E-state index is 0.235. The first-order valence-electron chi connectivity index (χ1n) is 6.10. The van der Waals surface area contributed by atoms with Gasteiger partial charge in [-0.25, -0.2) is 9.36 Å². The molecule has 0 radical (unpaired) electrons. The van der Waals surface area contributed by atoms with Gasteiger partial charge in [-0.05, 0) is 19.1 Å². The quantitative estimate of drug-likeness (QED) is 0.722. The minimum Gasteiger partial charge on any atom is -0.267 e. The third kappa shape index (κ3) is 2.05. The van der Waals surface area contributed by atoms with Crippen LogP contribution < -0.4 is 5.56 Å². The van der Waals surface area contributed by atoms with Crippen LogP contribution in [0.15, 0.2) is 29.2 Å². The van der Waals surface area contributed by atoms with E-state index in [1.807, 2.05) is 6.92 Å². The van der Waals surface area contributed by atoms with Crippen molar-refractivity contribution in [3.05, 3.63) is 45.5 Å². The van der Waals surface area contributed by atoms with Gasteiger partial charge in [0.2, 0.25) is 0 Å². The second-order valence-corrected chi connectivity index (χ2v) is 4.64. The molecule has 7 nitrogen and oxygen atoms in total. The maximum absolute atomic E-state index is 12.4. The van der Waals surface area contributed by atoms with Gasteiger partial charge in [-0.1, -0.05) is 28.1 Å². The number of hydrogen-bond donors (Lipinski definition) is 0. The van der Waals surface area contributed by atoms with Crippen molar-refractivity contribution < 1.29 is 0 Å². The normalized spacial score (nSPS) is 11.1. The average molecular weight is 291 g/mol. The standard InChI is InChI=1S/C12H11ClN6O/c1-2-18-8(6-14-16-18)7-19-12(20)9-4-3-5-10(13)11(9)15-17-19/h3-6H,2,7H2,1H3. The second kappa shape index (κ2) is 5.01. The van der Waals surface area contributed by atoms with Crippen LogP contribution in [0.3, 0.4) is 0 Å². The Hall–Kier alpha value is -2.28. The Balaban J connectivity index is 2.10. The van der Waals surface area contributed by atoms with E-state index in [1.54, 1.807) is 29.1 Å². The highest BCUT2D eigenvalue weighted by atomic mass is 35.5. The number of aromatic nitrogens is 6. The van der Waals surface area contributed by atoms with Crippen LogP contribution in [0.5, 0.6) is 0 Å².